The molecule has 0 spiro atoms. The largest absolute Gasteiger partial charge is 0.362 e. The molecule has 2 heterocycles. The Labute approximate surface area is 89.8 Å². The molecular weight excluding hydrogens is 218 g/mol. The van der Waals surface area contributed by atoms with E-state index in [1.807, 2.05) is 0 Å². The summed E-state index contributed by atoms with van der Waals surface area (Å²) in [6, 6.07) is 0. The molecule has 0 radical (unpaired) electrons. The minimum absolute atomic E-state index is 0.409. The lowest BCUT2D eigenvalue weighted by Gasteiger charge is -2.17. The third kappa shape index (κ3) is 1.19. The second-order valence-corrected chi connectivity index (χ2v) is 3.96. The third-order valence-corrected chi connectivity index (χ3v) is 2.77. The number of carbonyl (C=O) groups excluding carboxylic acids is 2. The van der Waals surface area contributed by atoms with Crippen LogP contribution in [0.15, 0.2) is 23.0 Å². The van der Waals surface area contributed by atoms with Crippen LogP contribution in [-0.4, -0.2) is 47.5 Å². The summed E-state index contributed by atoms with van der Waals surface area (Å²) < 4.78 is 27.3. The molecule has 6 heteroatoms. The molecule has 0 N–H and O–H groups in total. The summed E-state index contributed by atoms with van der Waals surface area (Å²) >= 11 is 0. The molecule has 0 amide bonds. The summed E-state index contributed by atoms with van der Waals surface area (Å²) in [5, 5.41) is 0. The van der Waals surface area contributed by atoms with Crippen LogP contribution in [0.5, 0.6) is 0 Å². The topological polar surface area (TPSA) is 40.2 Å². The Bertz CT molecular complexity index is 429. The summed E-state index contributed by atoms with van der Waals surface area (Å²) in [6.07, 6.45) is 0. The Kier molecular flexibility index (Phi) is 1.72. The van der Waals surface area contributed by atoms with Crippen molar-refractivity contribution in [3.63, 3.8) is 0 Å². The van der Waals surface area contributed by atoms with Crippen LogP contribution in [0, 0.1) is 0 Å². The van der Waals surface area contributed by atoms with Gasteiger partial charge in [-0.3, -0.25) is 9.59 Å². The maximum Gasteiger partial charge on any atom is 0.242 e. The zero-order valence-corrected chi connectivity index (χ0v) is 8.30. The van der Waals surface area contributed by atoms with E-state index in [0.29, 0.717) is 26.2 Å². The van der Waals surface area contributed by atoms with Crippen LogP contribution in [0.2, 0.25) is 0 Å². The van der Waals surface area contributed by atoms with Gasteiger partial charge in [-0.15, -0.1) is 0 Å². The molecule has 0 aromatic rings. The van der Waals surface area contributed by atoms with E-state index in [4.69, 9.17) is 0 Å². The summed E-state index contributed by atoms with van der Waals surface area (Å²) in [6.45, 7) is 1.98. The fourth-order valence-corrected chi connectivity index (χ4v) is 1.73. The quantitative estimate of drug-likeness (QED) is 0.495. The molecule has 84 valence electrons. The second-order valence-electron chi connectivity index (χ2n) is 3.96. The highest BCUT2D eigenvalue weighted by molar-refractivity contribution is 6.23. The first-order chi connectivity index (χ1) is 7.61. The molecule has 3 rings (SSSR count). The maximum atomic E-state index is 13.6. The highest BCUT2D eigenvalue weighted by Gasteiger charge is 2.44. The third-order valence-electron chi connectivity index (χ3n) is 2.77. The lowest BCUT2D eigenvalue weighted by molar-refractivity contribution is -0.120. The van der Waals surface area contributed by atoms with Crippen molar-refractivity contribution in [3.05, 3.63) is 23.0 Å². The van der Waals surface area contributed by atoms with Crippen molar-refractivity contribution in [1.82, 2.24) is 9.80 Å². The van der Waals surface area contributed by atoms with Gasteiger partial charge in [0, 0.05) is 26.2 Å². The zero-order valence-electron chi connectivity index (χ0n) is 8.30. The average Bonchev–Trinajstić information content (AvgIpc) is 3.07. The molecule has 4 nitrogen and oxygen atoms in total. The van der Waals surface area contributed by atoms with Crippen molar-refractivity contribution < 1.29 is 18.4 Å². The minimum atomic E-state index is -1.12. The molecule has 3 aliphatic rings. The van der Waals surface area contributed by atoms with Crippen LogP contribution in [0.3, 0.4) is 0 Å². The van der Waals surface area contributed by atoms with E-state index in [2.05, 4.69) is 0 Å². The first kappa shape index (κ1) is 9.50. The Morgan fingerprint density at radius 2 is 1.06 bits per heavy atom. The highest BCUT2D eigenvalue weighted by Crippen LogP contribution is 2.34. The minimum Gasteiger partial charge on any atom is -0.362 e. The lowest BCUT2D eigenvalue weighted by Crippen LogP contribution is -2.27. The van der Waals surface area contributed by atoms with Gasteiger partial charge in [0.05, 0.1) is 0 Å². The molecule has 0 aromatic carbocycles. The smallest absolute Gasteiger partial charge is 0.242 e. The van der Waals surface area contributed by atoms with Gasteiger partial charge in [-0.05, 0) is 0 Å². The Hall–Kier alpha value is -1.72. The molecule has 0 bridgehead atoms. The molecule has 2 saturated heterocycles. The second kappa shape index (κ2) is 2.90. The van der Waals surface area contributed by atoms with E-state index in [0.717, 1.165) is 0 Å². The normalized spacial score (nSPS) is 24.6. The van der Waals surface area contributed by atoms with E-state index >= 15 is 0 Å². The fraction of sp³-hybridized carbons (Fsp3) is 0.400. The van der Waals surface area contributed by atoms with Gasteiger partial charge in [-0.1, -0.05) is 0 Å². The molecule has 2 aliphatic heterocycles. The number of nitrogens with zero attached hydrogens (tertiary/aromatic N) is 2. The van der Waals surface area contributed by atoms with Crippen LogP contribution in [0.1, 0.15) is 0 Å². The van der Waals surface area contributed by atoms with Crippen molar-refractivity contribution in [2.75, 3.05) is 26.2 Å². The number of Topliss-reactive ketones (excluding diaryl/α,β-unsaturated/α-hetero) is 2. The standard InChI is InChI=1S/C10H8F2N2O2/c11-5-7(13-1-2-13)9(15)6(12)8(10(5)16)14-3-4-14/h1-4H2. The van der Waals surface area contributed by atoms with Crippen molar-refractivity contribution in [2.24, 2.45) is 0 Å². The van der Waals surface area contributed by atoms with Gasteiger partial charge < -0.3 is 9.80 Å². The monoisotopic (exact) mass is 226 g/mol. The molecule has 2 fully saturated rings. The lowest BCUT2D eigenvalue weighted by atomic mass is 10.0. The van der Waals surface area contributed by atoms with Gasteiger partial charge in [-0.2, -0.15) is 0 Å². The number of ketones is 2. The summed E-state index contributed by atoms with van der Waals surface area (Å²) in [7, 11) is 0. The van der Waals surface area contributed by atoms with Crippen molar-refractivity contribution in [3.8, 4) is 0 Å². The van der Waals surface area contributed by atoms with E-state index in [1.54, 1.807) is 0 Å². The van der Waals surface area contributed by atoms with Gasteiger partial charge in [0.2, 0.25) is 11.6 Å². The fourth-order valence-electron chi connectivity index (χ4n) is 1.73. The first-order valence-corrected chi connectivity index (χ1v) is 5.00. The van der Waals surface area contributed by atoms with Gasteiger partial charge in [-0.25, -0.2) is 8.78 Å². The molecule has 0 atom stereocenters. The molecule has 1 aliphatic carbocycles. The summed E-state index contributed by atoms with van der Waals surface area (Å²) in [5.41, 5.74) is -0.818. The van der Waals surface area contributed by atoms with Gasteiger partial charge in [0.25, 0.3) is 0 Å². The number of rotatable bonds is 2. The predicted molar refractivity (Wildman–Crippen MR) is 49.4 cm³/mol. The van der Waals surface area contributed by atoms with E-state index in [9.17, 15) is 18.4 Å². The summed E-state index contributed by atoms with van der Waals surface area (Å²) in [4.78, 5) is 25.8. The van der Waals surface area contributed by atoms with Gasteiger partial charge >= 0.3 is 0 Å². The number of carbonyl (C=O) groups is 2. The van der Waals surface area contributed by atoms with Crippen molar-refractivity contribution in [2.45, 2.75) is 0 Å². The van der Waals surface area contributed by atoms with Gasteiger partial charge in [0.1, 0.15) is 11.4 Å². The van der Waals surface area contributed by atoms with E-state index < -0.39 is 34.6 Å². The molecule has 16 heavy (non-hydrogen) atoms. The van der Waals surface area contributed by atoms with Gasteiger partial charge in [0.15, 0.2) is 11.7 Å². The molecular formula is C10H8F2N2O2. The Morgan fingerprint density at radius 1 is 0.750 bits per heavy atom. The van der Waals surface area contributed by atoms with Crippen LogP contribution in [0.25, 0.3) is 0 Å². The van der Waals surface area contributed by atoms with Crippen LogP contribution < -0.4 is 0 Å². The maximum absolute atomic E-state index is 13.6. The Morgan fingerprint density at radius 3 is 1.31 bits per heavy atom. The van der Waals surface area contributed by atoms with Crippen molar-refractivity contribution >= 4 is 11.6 Å². The van der Waals surface area contributed by atoms with Crippen LogP contribution in [-0.2, 0) is 9.59 Å². The van der Waals surface area contributed by atoms with Crippen LogP contribution >= 0.6 is 0 Å². The number of hydrogen-bond donors (Lipinski definition) is 0. The highest BCUT2D eigenvalue weighted by atomic mass is 19.1. The van der Waals surface area contributed by atoms with E-state index in [1.165, 1.54) is 9.80 Å². The van der Waals surface area contributed by atoms with E-state index in [-0.39, 0.29) is 0 Å². The number of halogens is 2. The number of allylic oxidation sites excluding steroid dienone is 2. The average molecular weight is 226 g/mol. The SMILES string of the molecule is O=C1C(F)=C(N2CC2)C(=O)C(F)=C1N1CC1. The zero-order chi connectivity index (χ0) is 11.4. The number of hydrogen-bond acceptors (Lipinski definition) is 4. The molecule has 0 unspecified atom stereocenters. The predicted octanol–water partition coefficient (Wildman–Crippen LogP) is 0.132. The Balaban J connectivity index is 2.06. The molecule has 0 saturated carbocycles. The summed E-state index contributed by atoms with van der Waals surface area (Å²) in [5.74, 6) is -4.25. The van der Waals surface area contributed by atoms with Crippen molar-refractivity contribution in [1.29, 1.82) is 0 Å². The first-order valence-electron chi connectivity index (χ1n) is 5.00. The molecule has 0 aromatic heterocycles. The van der Waals surface area contributed by atoms with Crippen LogP contribution in [0.4, 0.5) is 8.78 Å².